The minimum atomic E-state index is 0.0842. The lowest BCUT2D eigenvalue weighted by molar-refractivity contribution is 0.269. The quantitative estimate of drug-likeness (QED) is 0.803. The van der Waals surface area contributed by atoms with E-state index in [0.29, 0.717) is 13.1 Å². The van der Waals surface area contributed by atoms with Crippen LogP contribution in [0.15, 0.2) is 30.6 Å². The van der Waals surface area contributed by atoms with Gasteiger partial charge in [0, 0.05) is 24.4 Å². The average Bonchev–Trinajstić information content (AvgIpc) is 2.93. The summed E-state index contributed by atoms with van der Waals surface area (Å²) in [5.41, 5.74) is 1.93. The summed E-state index contributed by atoms with van der Waals surface area (Å²) in [4.78, 5) is 0. The van der Waals surface area contributed by atoms with Gasteiger partial charge in [-0.25, -0.2) is 0 Å². The predicted octanol–water partition coefficient (Wildman–Crippen LogP) is 1.50. The normalized spacial score (nSPS) is 10.3. The molecule has 0 fully saturated rings. The molecule has 0 aliphatic rings. The molecule has 0 amide bonds. The van der Waals surface area contributed by atoms with E-state index in [4.69, 9.17) is 14.6 Å². The monoisotopic (exact) mass is 277 g/mol. The van der Waals surface area contributed by atoms with Gasteiger partial charge in [0.1, 0.15) is 11.5 Å². The number of nitrogens with one attached hydrogen (secondary N) is 1. The molecule has 6 heteroatoms. The van der Waals surface area contributed by atoms with Crippen molar-refractivity contribution < 1.29 is 14.6 Å². The van der Waals surface area contributed by atoms with Crippen LogP contribution in [0.25, 0.3) is 0 Å². The van der Waals surface area contributed by atoms with Crippen molar-refractivity contribution in [2.45, 2.75) is 13.1 Å². The fraction of sp³-hybridized carbons (Fsp3) is 0.357. The van der Waals surface area contributed by atoms with Crippen LogP contribution in [0.2, 0.25) is 0 Å². The van der Waals surface area contributed by atoms with Gasteiger partial charge in [-0.1, -0.05) is 0 Å². The lowest BCUT2D eigenvalue weighted by Gasteiger charge is -2.11. The number of anilines is 1. The topological polar surface area (TPSA) is 68.5 Å². The number of ether oxygens (including phenoxy) is 2. The highest BCUT2D eigenvalue weighted by molar-refractivity contribution is 5.59. The molecule has 0 spiro atoms. The Morgan fingerprint density at radius 1 is 1.30 bits per heavy atom. The smallest absolute Gasteiger partial charge is 0.145 e. The molecule has 2 rings (SSSR count). The molecule has 0 saturated heterocycles. The second-order valence-corrected chi connectivity index (χ2v) is 4.26. The second kappa shape index (κ2) is 6.81. The Hall–Kier alpha value is -2.21. The number of aliphatic hydroxyl groups is 1. The lowest BCUT2D eigenvalue weighted by Crippen LogP contribution is -2.03. The molecule has 1 heterocycles. The molecule has 0 aliphatic heterocycles. The Morgan fingerprint density at radius 2 is 2.15 bits per heavy atom. The number of aliphatic hydroxyl groups excluding tert-OH is 1. The van der Waals surface area contributed by atoms with Crippen LogP contribution >= 0.6 is 0 Å². The van der Waals surface area contributed by atoms with Crippen LogP contribution in [-0.2, 0) is 13.1 Å². The standard InChI is InChI=1S/C14H19N3O3/c1-19-12-3-4-13(14(7-12)20-2)15-8-11-9-16-17(10-11)5-6-18/h3-4,7,9-10,15,18H,5-6,8H2,1-2H3. The molecule has 6 nitrogen and oxygen atoms in total. The van der Waals surface area contributed by atoms with E-state index in [0.717, 1.165) is 22.7 Å². The fourth-order valence-corrected chi connectivity index (χ4v) is 1.86. The Morgan fingerprint density at radius 3 is 2.85 bits per heavy atom. The molecule has 0 atom stereocenters. The third-order valence-electron chi connectivity index (χ3n) is 2.91. The van der Waals surface area contributed by atoms with Crippen LogP contribution in [0.5, 0.6) is 11.5 Å². The van der Waals surface area contributed by atoms with Gasteiger partial charge >= 0.3 is 0 Å². The van der Waals surface area contributed by atoms with E-state index in [2.05, 4.69) is 10.4 Å². The van der Waals surface area contributed by atoms with E-state index in [-0.39, 0.29) is 6.61 Å². The van der Waals surface area contributed by atoms with E-state index in [1.807, 2.05) is 24.4 Å². The number of rotatable bonds is 7. The minimum Gasteiger partial charge on any atom is -0.497 e. The SMILES string of the molecule is COc1ccc(NCc2cnn(CCO)c2)c(OC)c1. The Balaban J connectivity index is 2.02. The van der Waals surface area contributed by atoms with E-state index >= 15 is 0 Å². The third kappa shape index (κ3) is 3.42. The van der Waals surface area contributed by atoms with E-state index < -0.39 is 0 Å². The summed E-state index contributed by atoms with van der Waals surface area (Å²) in [7, 11) is 3.25. The molecule has 0 unspecified atom stereocenters. The number of nitrogens with zero attached hydrogens (tertiary/aromatic N) is 2. The van der Waals surface area contributed by atoms with Crippen LogP contribution in [0.1, 0.15) is 5.56 Å². The van der Waals surface area contributed by atoms with Crippen LogP contribution in [0.4, 0.5) is 5.69 Å². The Bertz CT molecular complexity index is 554. The third-order valence-corrected chi connectivity index (χ3v) is 2.91. The van der Waals surface area contributed by atoms with Gasteiger partial charge in [0.2, 0.25) is 0 Å². The van der Waals surface area contributed by atoms with Crippen molar-refractivity contribution in [3.05, 3.63) is 36.2 Å². The Kier molecular flexibility index (Phi) is 4.84. The van der Waals surface area contributed by atoms with E-state index in [1.54, 1.807) is 25.1 Å². The highest BCUT2D eigenvalue weighted by atomic mass is 16.5. The first-order valence-corrected chi connectivity index (χ1v) is 6.35. The zero-order chi connectivity index (χ0) is 14.4. The van der Waals surface area contributed by atoms with Crippen molar-refractivity contribution in [3.8, 4) is 11.5 Å². The maximum absolute atomic E-state index is 8.85. The molecule has 0 radical (unpaired) electrons. The van der Waals surface area contributed by atoms with Crippen LogP contribution in [0.3, 0.4) is 0 Å². The first-order chi connectivity index (χ1) is 9.76. The first-order valence-electron chi connectivity index (χ1n) is 6.35. The summed E-state index contributed by atoms with van der Waals surface area (Å²) in [6.45, 7) is 1.22. The van der Waals surface area contributed by atoms with Gasteiger partial charge in [0.05, 0.1) is 39.3 Å². The van der Waals surface area contributed by atoms with Gasteiger partial charge in [-0.3, -0.25) is 4.68 Å². The largest absolute Gasteiger partial charge is 0.497 e. The molecule has 2 aromatic rings. The fourth-order valence-electron chi connectivity index (χ4n) is 1.86. The highest BCUT2D eigenvalue weighted by Gasteiger charge is 2.05. The molecular weight excluding hydrogens is 258 g/mol. The van der Waals surface area contributed by atoms with Crippen molar-refractivity contribution in [2.75, 3.05) is 26.1 Å². The number of hydrogen-bond acceptors (Lipinski definition) is 5. The first kappa shape index (κ1) is 14.2. The zero-order valence-corrected chi connectivity index (χ0v) is 11.7. The number of hydrogen-bond donors (Lipinski definition) is 2. The van der Waals surface area contributed by atoms with Crippen molar-refractivity contribution in [1.82, 2.24) is 9.78 Å². The number of aromatic nitrogens is 2. The van der Waals surface area contributed by atoms with Crippen molar-refractivity contribution in [3.63, 3.8) is 0 Å². The Labute approximate surface area is 117 Å². The van der Waals surface area contributed by atoms with Crippen LogP contribution in [-0.4, -0.2) is 35.7 Å². The molecule has 0 aliphatic carbocycles. The summed E-state index contributed by atoms with van der Waals surface area (Å²) in [6, 6.07) is 5.62. The lowest BCUT2D eigenvalue weighted by atomic mass is 10.2. The summed E-state index contributed by atoms with van der Waals surface area (Å²) >= 11 is 0. The summed E-state index contributed by atoms with van der Waals surface area (Å²) in [5, 5.41) is 16.3. The molecule has 20 heavy (non-hydrogen) atoms. The number of benzene rings is 1. The van der Waals surface area contributed by atoms with E-state index in [9.17, 15) is 0 Å². The summed E-state index contributed by atoms with van der Waals surface area (Å²) in [6.07, 6.45) is 3.68. The molecule has 108 valence electrons. The molecule has 2 N–H and O–H groups in total. The van der Waals surface area contributed by atoms with Crippen LogP contribution < -0.4 is 14.8 Å². The summed E-state index contributed by atoms with van der Waals surface area (Å²) < 4.78 is 12.2. The second-order valence-electron chi connectivity index (χ2n) is 4.26. The molecule has 0 saturated carbocycles. The van der Waals surface area contributed by atoms with Gasteiger partial charge in [-0.15, -0.1) is 0 Å². The molecule has 1 aromatic carbocycles. The maximum Gasteiger partial charge on any atom is 0.145 e. The van der Waals surface area contributed by atoms with Crippen molar-refractivity contribution in [1.29, 1.82) is 0 Å². The van der Waals surface area contributed by atoms with Gasteiger partial charge in [-0.2, -0.15) is 5.10 Å². The molecule has 0 bridgehead atoms. The maximum atomic E-state index is 8.85. The zero-order valence-electron chi connectivity index (χ0n) is 11.7. The van der Waals surface area contributed by atoms with Crippen LogP contribution in [0, 0.1) is 0 Å². The van der Waals surface area contributed by atoms with Gasteiger partial charge in [0.25, 0.3) is 0 Å². The van der Waals surface area contributed by atoms with Crippen molar-refractivity contribution in [2.24, 2.45) is 0 Å². The highest BCUT2D eigenvalue weighted by Crippen LogP contribution is 2.29. The number of methoxy groups -OCH3 is 2. The van der Waals surface area contributed by atoms with Gasteiger partial charge in [0.15, 0.2) is 0 Å². The summed E-state index contributed by atoms with van der Waals surface area (Å²) in [5.74, 6) is 1.48. The average molecular weight is 277 g/mol. The molecule has 1 aromatic heterocycles. The molecular formula is C14H19N3O3. The van der Waals surface area contributed by atoms with Gasteiger partial charge in [-0.05, 0) is 12.1 Å². The van der Waals surface area contributed by atoms with Gasteiger partial charge < -0.3 is 19.9 Å². The minimum absolute atomic E-state index is 0.0842. The van der Waals surface area contributed by atoms with Crippen molar-refractivity contribution >= 4 is 5.69 Å². The van der Waals surface area contributed by atoms with E-state index in [1.165, 1.54) is 0 Å². The predicted molar refractivity (Wildman–Crippen MR) is 76.2 cm³/mol.